The number of H-pyrrole nitrogens is 1. The van der Waals surface area contributed by atoms with E-state index in [1.54, 1.807) is 30.5 Å². The quantitative estimate of drug-likeness (QED) is 0.0229. The minimum Gasteiger partial charge on any atom is -0.481 e. The van der Waals surface area contributed by atoms with Gasteiger partial charge < -0.3 is 116 Å². The van der Waals surface area contributed by atoms with Gasteiger partial charge in [0.15, 0.2) is 0 Å². The van der Waals surface area contributed by atoms with E-state index in [9.17, 15) is 116 Å². The van der Waals surface area contributed by atoms with Crippen LogP contribution in [0.3, 0.4) is 0 Å². The highest BCUT2D eigenvalue weighted by Crippen LogP contribution is 2.21. The maximum Gasteiger partial charge on any atom is 0.329 e. The first-order valence-electron chi connectivity index (χ1n) is 35.9. The van der Waals surface area contributed by atoms with Crippen LogP contribution >= 0.6 is 0 Å². The lowest BCUT2D eigenvalue weighted by atomic mass is 9.95. The zero-order chi connectivity index (χ0) is 83.5. The Morgan fingerprint density at radius 3 is 1.65 bits per heavy atom. The molecular weight excluding hydrogens is 1470 g/mol. The van der Waals surface area contributed by atoms with Crippen LogP contribution in [0.25, 0.3) is 10.9 Å². The molecule has 1 fully saturated rings. The molecule has 14 atom stereocenters. The second kappa shape index (κ2) is 46.5. The summed E-state index contributed by atoms with van der Waals surface area (Å²) in [6, 6.07) is -14.8. The van der Waals surface area contributed by atoms with E-state index < -0.39 is 254 Å². The first kappa shape index (κ1) is 93.3. The molecule has 0 bridgehead atoms. The number of esters is 1. The van der Waals surface area contributed by atoms with Crippen molar-refractivity contribution in [3.8, 4) is 0 Å². The van der Waals surface area contributed by atoms with Crippen LogP contribution in [0.15, 0.2) is 30.5 Å². The van der Waals surface area contributed by atoms with Crippen molar-refractivity contribution in [1.82, 2.24) is 74.1 Å². The maximum absolute atomic E-state index is 14.6. The van der Waals surface area contributed by atoms with Gasteiger partial charge in [0.2, 0.25) is 88.6 Å². The summed E-state index contributed by atoms with van der Waals surface area (Å²) in [6.07, 6.45) is -2.83. The Kier molecular flexibility index (Phi) is 39.1. The third-order valence-electron chi connectivity index (χ3n) is 17.6. The van der Waals surface area contributed by atoms with Crippen molar-refractivity contribution < 1.29 is 121 Å². The van der Waals surface area contributed by atoms with Gasteiger partial charge in [-0.2, -0.15) is 0 Å². The van der Waals surface area contributed by atoms with Crippen LogP contribution in [-0.2, 0) is 107 Å². The van der Waals surface area contributed by atoms with E-state index in [1.165, 1.54) is 13.8 Å². The van der Waals surface area contributed by atoms with E-state index in [-0.39, 0.29) is 32.2 Å². The molecule has 1 aliphatic heterocycles. The average Bonchev–Trinajstić information content (AvgIpc) is 1.77. The molecule has 24 N–H and O–H groups in total. The Hall–Kier alpha value is -11.9. The lowest BCUT2D eigenvalue weighted by molar-refractivity contribution is -0.157. The smallest absolute Gasteiger partial charge is 0.329 e. The molecule has 42 heteroatoms. The van der Waals surface area contributed by atoms with Crippen LogP contribution in [0.4, 0.5) is 0 Å². The van der Waals surface area contributed by atoms with Gasteiger partial charge in [0.1, 0.15) is 72.6 Å². The molecule has 1 aromatic carbocycles. The van der Waals surface area contributed by atoms with Crippen LogP contribution in [0.2, 0.25) is 0 Å². The van der Waals surface area contributed by atoms with Gasteiger partial charge >= 0.3 is 29.8 Å². The van der Waals surface area contributed by atoms with E-state index in [1.807, 2.05) is 10.6 Å². The third kappa shape index (κ3) is 33.2. The van der Waals surface area contributed by atoms with Gasteiger partial charge in [0.25, 0.3) is 0 Å². The van der Waals surface area contributed by atoms with Gasteiger partial charge in [-0.1, -0.05) is 84.9 Å². The van der Waals surface area contributed by atoms with Crippen molar-refractivity contribution in [3.63, 3.8) is 0 Å². The van der Waals surface area contributed by atoms with Crippen molar-refractivity contribution in [2.75, 3.05) is 19.6 Å². The van der Waals surface area contributed by atoms with Gasteiger partial charge in [-0.3, -0.25) is 91.1 Å². The largest absolute Gasteiger partial charge is 0.481 e. The Morgan fingerprint density at radius 2 is 1.07 bits per heavy atom. The summed E-state index contributed by atoms with van der Waals surface area (Å²) in [6.45, 7) is 7.46. The van der Waals surface area contributed by atoms with E-state index in [4.69, 9.17) is 21.9 Å². The Balaban J connectivity index is 2.20. The monoisotopic (exact) mass is 1570 g/mol. The number of carboxylic acids is 4. The highest BCUT2D eigenvalue weighted by Gasteiger charge is 2.41. The number of aromatic nitrogens is 1. The van der Waals surface area contributed by atoms with Gasteiger partial charge in [-0.15, -0.1) is 0 Å². The average molecular weight is 1570 g/mol. The number of aliphatic carboxylic acids is 4. The number of ether oxygens (including phenoxy) is 1. The summed E-state index contributed by atoms with van der Waals surface area (Å²) in [5.41, 5.74) is 17.8. The number of fused-ring (bicyclic) bond motifs is 1. The zero-order valence-corrected chi connectivity index (χ0v) is 62.6. The summed E-state index contributed by atoms with van der Waals surface area (Å²) in [5, 5.41) is 68.5. The predicted molar refractivity (Wildman–Crippen MR) is 387 cm³/mol. The van der Waals surface area contributed by atoms with Gasteiger partial charge in [-0.05, 0) is 69.0 Å². The van der Waals surface area contributed by atoms with Crippen LogP contribution in [0, 0.1) is 17.8 Å². The number of nitrogens with two attached hydrogens (primary N) is 3. The van der Waals surface area contributed by atoms with Crippen molar-refractivity contribution >= 4 is 129 Å². The molecule has 1 saturated heterocycles. The van der Waals surface area contributed by atoms with Crippen LogP contribution in [0.1, 0.15) is 150 Å². The Labute approximate surface area is 636 Å². The number of cyclic esters (lactones) is 1. The molecular formula is C69H103N17O25. The minimum atomic E-state index is -2.33. The van der Waals surface area contributed by atoms with Crippen LogP contribution in [-0.4, -0.2) is 236 Å². The van der Waals surface area contributed by atoms with Gasteiger partial charge in [0.05, 0.1) is 51.6 Å². The number of aromatic amines is 1. The van der Waals surface area contributed by atoms with Crippen molar-refractivity contribution in [2.45, 2.75) is 224 Å². The molecule has 42 nitrogen and oxygen atoms in total. The summed E-state index contributed by atoms with van der Waals surface area (Å²) >= 11 is 0. The normalized spacial score (nSPS) is 21.9. The Bertz CT molecular complexity index is 3720. The number of carboxylic acid groups (broad SMARTS) is 4. The molecule has 614 valence electrons. The lowest BCUT2D eigenvalue weighted by Crippen LogP contribution is -2.62. The second-order valence-corrected chi connectivity index (χ2v) is 27.3. The topological polar surface area (TPSA) is 682 Å². The maximum atomic E-state index is 14.6. The first-order chi connectivity index (χ1) is 52.1. The second-order valence-electron chi connectivity index (χ2n) is 27.3. The van der Waals surface area contributed by atoms with E-state index in [2.05, 4.69) is 77.3 Å². The molecule has 3 rings (SSSR count). The molecule has 111 heavy (non-hydrogen) atoms. The number of hydrogen-bond acceptors (Lipinski definition) is 22. The standard InChI is InChI=1S/C69H103N17O25/c1-8-33(4)16-11-9-10-12-20-49(89)78-41(23-37-29-73-39-18-14-13-17-38(37)39)63(104)81-43(25-48(72)88)64(105)83-46(28-55(98)99)66(107)86-58-36(7)111-69(110)56(32(2)3)84-68(109)57(34(5)22-52(92)93)85-65(106)42(24-47(71)87)79-51(91)30-74-60(101)44(26-53(94)95)80-59(100)35(6)76-62(103)45(27-54(96)97)82-61(102)40(19-15-21-70)77-50(90)31-75-67(58)108/h13-14,17-18,29,32-36,40-46,56-58,73H,8-12,15-16,19-28,30-31,70H2,1-7H3,(H2,71,87)(H2,72,88)(H,74,101)(H,75,108)(H,76,103)(H,77,90)(H,78,89)(H,79,91)(H,80,100)(H,81,104)(H,82,102)(H,83,105)(H,84,109)(H,85,106)(H,86,107)(H,92,93)(H,94,95)(H,96,97)(H,98,99). The van der Waals surface area contributed by atoms with E-state index in [0.29, 0.717) is 35.2 Å². The molecule has 1 aromatic heterocycles. The minimum absolute atomic E-state index is 0.00585. The number of rotatable bonds is 34. The number of amides is 15. The highest BCUT2D eigenvalue weighted by molar-refractivity contribution is 6.02. The summed E-state index contributed by atoms with van der Waals surface area (Å²) < 4.78 is 5.67. The molecule has 15 amide bonds. The molecule has 0 aliphatic carbocycles. The van der Waals surface area contributed by atoms with Crippen molar-refractivity contribution in [3.05, 3.63) is 36.0 Å². The number of primary amides is 2. The lowest BCUT2D eigenvalue weighted by Gasteiger charge is -2.31. The Morgan fingerprint density at radius 1 is 0.541 bits per heavy atom. The molecule has 1 aliphatic rings. The third-order valence-corrected chi connectivity index (χ3v) is 17.6. The number of carbonyl (C=O) groups excluding carboxylic acids is 16. The van der Waals surface area contributed by atoms with Gasteiger partial charge in [-0.25, -0.2) is 4.79 Å². The van der Waals surface area contributed by atoms with Gasteiger partial charge in [0, 0.05) is 29.9 Å². The predicted octanol–water partition coefficient (Wildman–Crippen LogP) is -5.69. The molecule has 14 unspecified atom stereocenters. The molecule has 0 spiro atoms. The molecule has 0 radical (unpaired) electrons. The highest BCUT2D eigenvalue weighted by atomic mass is 16.5. The number of unbranched alkanes of at least 4 members (excludes halogenated alkanes) is 3. The first-order valence-corrected chi connectivity index (χ1v) is 35.9. The molecule has 2 aromatic rings. The fourth-order valence-electron chi connectivity index (χ4n) is 11.3. The van der Waals surface area contributed by atoms with Crippen LogP contribution < -0.4 is 86.3 Å². The van der Waals surface area contributed by atoms with E-state index in [0.717, 1.165) is 46.5 Å². The molecule has 2 heterocycles. The number of nitrogens with one attached hydrogen (secondary N) is 14. The molecule has 0 saturated carbocycles. The number of benzene rings is 1. The van der Waals surface area contributed by atoms with Crippen molar-refractivity contribution in [1.29, 1.82) is 0 Å². The number of hydrogen-bond donors (Lipinski definition) is 21. The summed E-state index contributed by atoms with van der Waals surface area (Å²) in [4.78, 5) is 273. The zero-order valence-electron chi connectivity index (χ0n) is 62.6. The number of carbonyl (C=O) groups is 20. The fraction of sp³-hybridized carbons (Fsp3) is 0.594. The summed E-state index contributed by atoms with van der Waals surface area (Å²) in [7, 11) is 0. The number of para-hydroxylation sites is 1. The van der Waals surface area contributed by atoms with Crippen molar-refractivity contribution in [2.24, 2.45) is 35.0 Å². The fourth-order valence-corrected chi connectivity index (χ4v) is 11.3. The van der Waals surface area contributed by atoms with E-state index >= 15 is 0 Å². The van der Waals surface area contributed by atoms with Crippen LogP contribution in [0.5, 0.6) is 0 Å². The summed E-state index contributed by atoms with van der Waals surface area (Å²) in [5.74, 6) is -29.5. The SMILES string of the molecule is CCC(C)CCCCCCC(=O)NC(Cc1c[nH]c2ccccc12)C(=O)NC(CC(N)=O)C(=O)NC(CC(=O)O)C(=O)NC1C(=O)NCC(=O)NC(CCCN)C(=O)NC(CC(=O)O)C(=O)NC(C)C(=O)NC(CC(=O)O)C(=O)NCC(=O)NC(CC(N)=O)C(=O)NC(C(C)CC(=O)O)C(=O)NC(C(C)C)C(=O)OC1C.